The fourth-order valence-electron chi connectivity index (χ4n) is 1.97. The predicted octanol–water partition coefficient (Wildman–Crippen LogP) is 2.68. The molecule has 0 aliphatic heterocycles. The van der Waals surface area contributed by atoms with E-state index < -0.39 is 11.4 Å². The van der Waals surface area contributed by atoms with Crippen molar-refractivity contribution in [3.63, 3.8) is 0 Å². The number of ketones is 1. The topological polar surface area (TPSA) is 85.6 Å². The van der Waals surface area contributed by atoms with Crippen LogP contribution in [-0.2, 0) is 4.74 Å². The van der Waals surface area contributed by atoms with Gasteiger partial charge >= 0.3 is 5.97 Å². The van der Waals surface area contributed by atoms with Gasteiger partial charge in [0.1, 0.15) is 11.3 Å². The predicted molar refractivity (Wildman–Crippen MR) is 80.8 cm³/mol. The molecule has 1 N–H and O–H groups in total. The van der Waals surface area contributed by atoms with Gasteiger partial charge in [0.25, 0.3) is 0 Å². The molecule has 0 bridgehead atoms. The molecule has 22 heavy (non-hydrogen) atoms. The van der Waals surface area contributed by atoms with Gasteiger partial charge in [0.15, 0.2) is 11.2 Å². The molecular weight excluding hydrogens is 286 g/mol. The van der Waals surface area contributed by atoms with E-state index in [1.807, 2.05) is 0 Å². The van der Waals surface area contributed by atoms with Crippen molar-refractivity contribution >= 4 is 23.3 Å². The van der Waals surface area contributed by atoms with Gasteiger partial charge in [-0.05, 0) is 38.1 Å². The van der Waals surface area contributed by atoms with Gasteiger partial charge in [-0.2, -0.15) is 0 Å². The Labute approximate surface area is 126 Å². The Morgan fingerprint density at radius 1 is 1.18 bits per heavy atom. The van der Waals surface area contributed by atoms with Crippen molar-refractivity contribution in [1.29, 1.82) is 0 Å². The van der Waals surface area contributed by atoms with Crippen LogP contribution in [0.15, 0.2) is 39.5 Å². The van der Waals surface area contributed by atoms with Crippen LogP contribution in [0.4, 0.5) is 11.6 Å². The van der Waals surface area contributed by atoms with Crippen LogP contribution in [0.5, 0.6) is 0 Å². The van der Waals surface area contributed by atoms with Gasteiger partial charge in [0, 0.05) is 11.8 Å². The van der Waals surface area contributed by atoms with Crippen LogP contribution in [0.3, 0.4) is 0 Å². The summed E-state index contributed by atoms with van der Waals surface area (Å²) >= 11 is 0. The number of aryl methyl sites for hydroxylation is 1. The quantitative estimate of drug-likeness (QED) is 0.690. The van der Waals surface area contributed by atoms with Crippen LogP contribution in [0.2, 0.25) is 0 Å². The summed E-state index contributed by atoms with van der Waals surface area (Å²) in [6.45, 7) is 2.92. The maximum atomic E-state index is 11.9. The van der Waals surface area contributed by atoms with Gasteiger partial charge in [-0.15, -0.1) is 0 Å². The average Bonchev–Trinajstić information content (AvgIpc) is 2.46. The molecule has 0 radical (unpaired) electrons. The van der Waals surface area contributed by atoms with E-state index in [2.05, 4.69) is 10.1 Å². The molecule has 114 valence electrons. The lowest BCUT2D eigenvalue weighted by atomic mass is 10.1. The maximum Gasteiger partial charge on any atom is 0.337 e. The Bertz CT molecular complexity index is 774. The smallest absolute Gasteiger partial charge is 0.337 e. The van der Waals surface area contributed by atoms with Gasteiger partial charge in [-0.25, -0.2) is 4.79 Å². The van der Waals surface area contributed by atoms with Gasteiger partial charge in [0.2, 0.25) is 5.88 Å². The first-order valence-corrected chi connectivity index (χ1v) is 6.53. The van der Waals surface area contributed by atoms with E-state index in [9.17, 15) is 14.4 Å². The van der Waals surface area contributed by atoms with Crippen LogP contribution in [0.1, 0.15) is 33.4 Å². The fraction of sp³-hybridized carbons (Fsp3) is 0.188. The van der Waals surface area contributed by atoms with Crippen molar-refractivity contribution in [1.82, 2.24) is 0 Å². The van der Waals surface area contributed by atoms with Crippen molar-refractivity contribution in [2.75, 3.05) is 12.4 Å². The van der Waals surface area contributed by atoms with Crippen molar-refractivity contribution < 1.29 is 18.7 Å². The van der Waals surface area contributed by atoms with E-state index >= 15 is 0 Å². The molecule has 6 heteroatoms. The molecular formula is C16H15NO5. The Morgan fingerprint density at radius 2 is 1.82 bits per heavy atom. The molecule has 1 heterocycles. The number of carbonyl (C=O) groups excluding carboxylic acids is 2. The van der Waals surface area contributed by atoms with Crippen LogP contribution in [0.25, 0.3) is 0 Å². The highest BCUT2D eigenvalue weighted by atomic mass is 16.5. The molecule has 2 aromatic rings. The molecule has 0 aliphatic rings. The standard InChI is InChI=1S/C16H15NO5/c1-9-8-13(19)14(10(2)18)15(22-9)17-12-6-4-11(5-7-12)16(20)21-3/h4-8,17H,1-3H3. The van der Waals surface area contributed by atoms with Gasteiger partial charge in [-0.1, -0.05) is 0 Å². The number of hydrogen-bond acceptors (Lipinski definition) is 6. The summed E-state index contributed by atoms with van der Waals surface area (Å²) in [5.74, 6) is -0.354. The maximum absolute atomic E-state index is 11.9. The zero-order chi connectivity index (χ0) is 16.3. The highest BCUT2D eigenvalue weighted by Gasteiger charge is 2.15. The largest absolute Gasteiger partial charge is 0.465 e. The number of esters is 1. The lowest BCUT2D eigenvalue weighted by molar-refractivity contribution is 0.0600. The molecule has 0 aliphatic carbocycles. The molecule has 0 fully saturated rings. The average molecular weight is 301 g/mol. The van der Waals surface area contributed by atoms with Gasteiger partial charge in [0.05, 0.1) is 12.7 Å². The summed E-state index contributed by atoms with van der Waals surface area (Å²) in [6.07, 6.45) is 0. The first-order valence-electron chi connectivity index (χ1n) is 6.53. The highest BCUT2D eigenvalue weighted by Crippen LogP contribution is 2.21. The van der Waals surface area contributed by atoms with Crippen LogP contribution >= 0.6 is 0 Å². The first-order chi connectivity index (χ1) is 10.4. The number of benzene rings is 1. The second kappa shape index (κ2) is 6.26. The summed E-state index contributed by atoms with van der Waals surface area (Å²) in [5, 5.41) is 2.88. The number of nitrogens with one attached hydrogen (secondary N) is 1. The van der Waals surface area contributed by atoms with Crippen molar-refractivity contribution in [3.8, 4) is 0 Å². The van der Waals surface area contributed by atoms with E-state index in [-0.39, 0.29) is 17.2 Å². The van der Waals surface area contributed by atoms with Crippen molar-refractivity contribution in [2.24, 2.45) is 0 Å². The second-order valence-corrected chi connectivity index (χ2v) is 4.68. The van der Waals surface area contributed by atoms with Crippen LogP contribution < -0.4 is 10.7 Å². The van der Waals surface area contributed by atoms with E-state index in [4.69, 9.17) is 4.42 Å². The molecule has 0 spiro atoms. The second-order valence-electron chi connectivity index (χ2n) is 4.68. The third-order valence-electron chi connectivity index (χ3n) is 2.99. The summed E-state index contributed by atoms with van der Waals surface area (Å²) in [7, 11) is 1.30. The normalized spacial score (nSPS) is 10.1. The van der Waals surface area contributed by atoms with Crippen molar-refractivity contribution in [2.45, 2.75) is 13.8 Å². The lowest BCUT2D eigenvalue weighted by Crippen LogP contribution is -2.15. The number of rotatable bonds is 4. The first kappa shape index (κ1) is 15.5. The van der Waals surface area contributed by atoms with Crippen molar-refractivity contribution in [3.05, 3.63) is 57.4 Å². The third-order valence-corrected chi connectivity index (χ3v) is 2.99. The van der Waals surface area contributed by atoms with Gasteiger partial charge in [-0.3, -0.25) is 9.59 Å². The molecule has 6 nitrogen and oxygen atoms in total. The zero-order valence-electron chi connectivity index (χ0n) is 12.4. The Kier molecular flexibility index (Phi) is 4.41. The summed E-state index contributed by atoms with van der Waals surface area (Å²) in [4.78, 5) is 34.9. The zero-order valence-corrected chi connectivity index (χ0v) is 12.4. The highest BCUT2D eigenvalue weighted by molar-refractivity contribution is 5.98. The summed E-state index contributed by atoms with van der Waals surface area (Å²) in [6, 6.07) is 7.64. The molecule has 1 aromatic heterocycles. The number of methoxy groups -OCH3 is 1. The minimum Gasteiger partial charge on any atom is -0.465 e. The molecule has 0 saturated carbocycles. The molecule has 0 atom stereocenters. The number of anilines is 2. The van der Waals surface area contributed by atoms with Crippen LogP contribution in [0, 0.1) is 6.92 Å². The number of carbonyl (C=O) groups is 2. The molecule has 0 amide bonds. The SMILES string of the molecule is COC(=O)c1ccc(Nc2oc(C)cc(=O)c2C(C)=O)cc1. The summed E-state index contributed by atoms with van der Waals surface area (Å²) < 4.78 is 10.0. The number of Topliss-reactive ketones (excluding diaryl/α,β-unsaturated/α-hetero) is 1. The van der Waals surface area contributed by atoms with Crippen LogP contribution in [-0.4, -0.2) is 18.9 Å². The molecule has 1 aromatic carbocycles. The minimum atomic E-state index is -0.446. The Balaban J connectivity index is 2.37. The summed E-state index contributed by atoms with van der Waals surface area (Å²) in [5.41, 5.74) is 0.530. The number of hydrogen-bond donors (Lipinski definition) is 1. The fourth-order valence-corrected chi connectivity index (χ4v) is 1.97. The molecule has 0 saturated heterocycles. The monoisotopic (exact) mass is 301 g/mol. The minimum absolute atomic E-state index is 0.0392. The number of ether oxygens (including phenoxy) is 1. The molecule has 0 unspecified atom stereocenters. The van der Waals surface area contributed by atoms with E-state index in [1.54, 1.807) is 31.2 Å². The third kappa shape index (κ3) is 3.22. The Hall–Kier alpha value is -2.89. The Morgan fingerprint density at radius 3 is 2.36 bits per heavy atom. The van der Waals surface area contributed by atoms with E-state index in [0.29, 0.717) is 17.0 Å². The molecule has 2 rings (SSSR count). The van der Waals surface area contributed by atoms with E-state index in [0.717, 1.165) is 0 Å². The lowest BCUT2D eigenvalue weighted by Gasteiger charge is -2.09. The van der Waals surface area contributed by atoms with Gasteiger partial charge < -0.3 is 14.5 Å². The van der Waals surface area contributed by atoms with E-state index in [1.165, 1.54) is 20.1 Å².